The van der Waals surface area contributed by atoms with Gasteiger partial charge in [-0.1, -0.05) is 18.7 Å². The number of para-hydroxylation sites is 1. The molecule has 0 aliphatic heterocycles. The van der Waals surface area contributed by atoms with E-state index < -0.39 is 10.9 Å². The van der Waals surface area contributed by atoms with Crippen LogP contribution < -0.4 is 0 Å². The fraction of sp³-hybridized carbons (Fsp3) is 0. The monoisotopic (exact) mass is 193 g/mol. The zero-order valence-electron chi connectivity index (χ0n) is 7.17. The Morgan fingerprint density at radius 2 is 2.14 bits per heavy atom. The smallest absolute Gasteiger partial charge is 0.349 e. The molecule has 0 radical (unpaired) electrons. The van der Waals surface area contributed by atoms with Crippen LogP contribution in [0.2, 0.25) is 0 Å². The number of nitro groups is 1. The van der Waals surface area contributed by atoms with Gasteiger partial charge in [0.15, 0.2) is 0 Å². The number of hydrogen-bond donors (Lipinski definition) is 0. The van der Waals surface area contributed by atoms with E-state index in [1.807, 2.05) is 0 Å². The molecular formula is C9H7NO4. The maximum atomic E-state index is 11.2. The van der Waals surface area contributed by atoms with Crippen LogP contribution in [0.4, 0.5) is 5.69 Å². The van der Waals surface area contributed by atoms with E-state index in [9.17, 15) is 14.9 Å². The molecule has 0 heterocycles. The minimum atomic E-state index is -0.785. The lowest BCUT2D eigenvalue weighted by Crippen LogP contribution is -2.04. The lowest BCUT2D eigenvalue weighted by atomic mass is 10.2. The van der Waals surface area contributed by atoms with Crippen molar-refractivity contribution in [3.8, 4) is 0 Å². The third-order valence-corrected chi connectivity index (χ3v) is 1.51. The van der Waals surface area contributed by atoms with Crippen LogP contribution in [-0.4, -0.2) is 10.9 Å². The minimum absolute atomic E-state index is 0.0857. The van der Waals surface area contributed by atoms with Gasteiger partial charge in [-0.2, -0.15) is 0 Å². The largest absolute Gasteiger partial charge is 0.431 e. The number of nitro benzene ring substituents is 1. The molecule has 0 atom stereocenters. The van der Waals surface area contributed by atoms with Crippen LogP contribution in [-0.2, 0) is 4.74 Å². The highest BCUT2D eigenvalue weighted by Gasteiger charge is 2.19. The van der Waals surface area contributed by atoms with Crippen LogP contribution >= 0.6 is 0 Å². The van der Waals surface area contributed by atoms with Crippen molar-refractivity contribution in [3.63, 3.8) is 0 Å². The summed E-state index contributed by atoms with van der Waals surface area (Å²) in [6.45, 7) is 3.19. The first kappa shape index (κ1) is 9.91. The molecule has 0 fully saturated rings. The highest BCUT2D eigenvalue weighted by atomic mass is 16.6. The molecule has 0 aliphatic rings. The lowest BCUT2D eigenvalue weighted by molar-refractivity contribution is -0.385. The number of hydrogen-bond acceptors (Lipinski definition) is 4. The number of nitrogens with zero attached hydrogens (tertiary/aromatic N) is 1. The maximum absolute atomic E-state index is 11.2. The fourth-order valence-electron chi connectivity index (χ4n) is 0.945. The summed E-state index contributed by atoms with van der Waals surface area (Å²) in [4.78, 5) is 21.0. The zero-order chi connectivity index (χ0) is 10.6. The van der Waals surface area contributed by atoms with Crippen molar-refractivity contribution in [3.05, 3.63) is 52.8 Å². The van der Waals surface area contributed by atoms with E-state index in [0.29, 0.717) is 0 Å². The van der Waals surface area contributed by atoms with Crippen LogP contribution in [0.1, 0.15) is 10.4 Å². The van der Waals surface area contributed by atoms with Crippen LogP contribution in [0.25, 0.3) is 0 Å². The van der Waals surface area contributed by atoms with Crippen molar-refractivity contribution in [2.75, 3.05) is 0 Å². The van der Waals surface area contributed by atoms with Crippen molar-refractivity contribution in [1.29, 1.82) is 0 Å². The Hall–Kier alpha value is -2.17. The van der Waals surface area contributed by atoms with Gasteiger partial charge in [0.05, 0.1) is 11.2 Å². The highest BCUT2D eigenvalue weighted by molar-refractivity contribution is 5.94. The average molecular weight is 193 g/mol. The molecule has 1 aromatic rings. The van der Waals surface area contributed by atoms with E-state index in [1.54, 1.807) is 0 Å². The summed E-state index contributed by atoms with van der Waals surface area (Å²) < 4.78 is 4.44. The first-order valence-corrected chi connectivity index (χ1v) is 3.72. The first-order chi connectivity index (χ1) is 6.66. The Kier molecular flexibility index (Phi) is 2.96. The molecule has 0 bridgehead atoms. The summed E-state index contributed by atoms with van der Waals surface area (Å²) in [7, 11) is 0. The SMILES string of the molecule is C=COC(=O)c1ccccc1[N+](=O)[O-]. The maximum Gasteiger partial charge on any atom is 0.349 e. The molecule has 5 heteroatoms. The second kappa shape index (κ2) is 4.18. The number of esters is 1. The topological polar surface area (TPSA) is 69.4 Å². The van der Waals surface area contributed by atoms with Crippen LogP contribution in [0.3, 0.4) is 0 Å². The standard InChI is InChI=1S/C9H7NO4/c1-2-14-9(11)7-5-3-4-6-8(7)10(12)13/h2-6H,1H2. The molecule has 0 saturated carbocycles. The lowest BCUT2D eigenvalue weighted by Gasteiger charge is -1.99. The molecule has 0 spiro atoms. The van der Waals surface area contributed by atoms with Gasteiger partial charge in [0.1, 0.15) is 5.56 Å². The van der Waals surface area contributed by atoms with Crippen molar-refractivity contribution in [2.45, 2.75) is 0 Å². The van der Waals surface area contributed by atoms with Crippen LogP contribution in [0, 0.1) is 10.1 Å². The Balaban J connectivity index is 3.12. The molecule has 0 aromatic heterocycles. The first-order valence-electron chi connectivity index (χ1n) is 3.72. The third kappa shape index (κ3) is 1.95. The van der Waals surface area contributed by atoms with Gasteiger partial charge in [-0.3, -0.25) is 10.1 Å². The summed E-state index contributed by atoms with van der Waals surface area (Å²) in [5.41, 5.74) is -0.364. The molecule has 1 aromatic carbocycles. The van der Waals surface area contributed by atoms with Gasteiger partial charge in [0.25, 0.3) is 5.69 Å². The van der Waals surface area contributed by atoms with Gasteiger partial charge < -0.3 is 4.74 Å². The van der Waals surface area contributed by atoms with E-state index in [-0.39, 0.29) is 11.3 Å². The van der Waals surface area contributed by atoms with E-state index in [0.717, 1.165) is 6.26 Å². The number of carbonyl (C=O) groups is 1. The summed E-state index contributed by atoms with van der Waals surface area (Å²) in [6, 6.07) is 5.55. The molecule has 14 heavy (non-hydrogen) atoms. The molecule has 72 valence electrons. The van der Waals surface area contributed by atoms with Gasteiger partial charge in [0.2, 0.25) is 0 Å². The Labute approximate surface area is 79.8 Å². The van der Waals surface area contributed by atoms with Crippen molar-refractivity contribution in [2.24, 2.45) is 0 Å². The Morgan fingerprint density at radius 1 is 1.50 bits per heavy atom. The predicted octanol–water partition coefficient (Wildman–Crippen LogP) is 1.90. The fourth-order valence-corrected chi connectivity index (χ4v) is 0.945. The van der Waals surface area contributed by atoms with Crippen molar-refractivity contribution < 1.29 is 14.5 Å². The zero-order valence-corrected chi connectivity index (χ0v) is 7.17. The van der Waals surface area contributed by atoms with Crippen LogP contribution in [0.5, 0.6) is 0 Å². The highest BCUT2D eigenvalue weighted by Crippen LogP contribution is 2.18. The molecular weight excluding hydrogens is 186 g/mol. The second-order valence-corrected chi connectivity index (χ2v) is 2.35. The number of rotatable bonds is 3. The number of ether oxygens (including phenoxy) is 1. The van der Waals surface area contributed by atoms with Crippen molar-refractivity contribution in [1.82, 2.24) is 0 Å². The molecule has 0 unspecified atom stereocenters. The van der Waals surface area contributed by atoms with Crippen molar-refractivity contribution >= 4 is 11.7 Å². The average Bonchev–Trinajstić information content (AvgIpc) is 2.18. The predicted molar refractivity (Wildman–Crippen MR) is 48.7 cm³/mol. The molecule has 0 aliphatic carbocycles. The van der Waals surface area contributed by atoms with Gasteiger partial charge in [0, 0.05) is 6.07 Å². The molecule has 0 amide bonds. The van der Waals surface area contributed by atoms with E-state index >= 15 is 0 Å². The number of benzene rings is 1. The quantitative estimate of drug-likeness (QED) is 0.318. The van der Waals surface area contributed by atoms with Gasteiger partial charge in [-0.05, 0) is 6.07 Å². The molecule has 0 saturated heterocycles. The second-order valence-electron chi connectivity index (χ2n) is 2.35. The molecule has 0 N–H and O–H groups in total. The molecule has 5 nitrogen and oxygen atoms in total. The van der Waals surface area contributed by atoms with Gasteiger partial charge in [-0.15, -0.1) is 0 Å². The van der Waals surface area contributed by atoms with E-state index in [2.05, 4.69) is 11.3 Å². The van der Waals surface area contributed by atoms with Gasteiger partial charge >= 0.3 is 5.97 Å². The Morgan fingerprint density at radius 3 is 2.71 bits per heavy atom. The van der Waals surface area contributed by atoms with E-state index in [1.165, 1.54) is 24.3 Å². The van der Waals surface area contributed by atoms with E-state index in [4.69, 9.17) is 0 Å². The third-order valence-electron chi connectivity index (χ3n) is 1.51. The summed E-state index contributed by atoms with van der Waals surface area (Å²) >= 11 is 0. The molecule has 1 rings (SSSR count). The normalized spacial score (nSPS) is 9.14. The minimum Gasteiger partial charge on any atom is -0.431 e. The van der Waals surface area contributed by atoms with Gasteiger partial charge in [-0.25, -0.2) is 4.79 Å². The summed E-state index contributed by atoms with van der Waals surface area (Å²) in [5, 5.41) is 10.5. The number of carbonyl (C=O) groups excluding carboxylic acids is 1. The Bertz CT molecular complexity index is 386. The summed E-state index contributed by atoms with van der Waals surface area (Å²) in [5.74, 6) is -0.785. The van der Waals surface area contributed by atoms with Crippen LogP contribution in [0.15, 0.2) is 37.1 Å². The summed E-state index contributed by atoms with van der Waals surface area (Å²) in [6.07, 6.45) is 0.930.